The van der Waals surface area contributed by atoms with Crippen molar-refractivity contribution in [3.63, 3.8) is 0 Å². The van der Waals surface area contributed by atoms with E-state index in [0.29, 0.717) is 27.8 Å². The lowest BCUT2D eigenvalue weighted by molar-refractivity contribution is -0.384. The molecule has 8 nitrogen and oxygen atoms in total. The molecule has 0 radical (unpaired) electrons. The molecule has 0 saturated heterocycles. The topological polar surface area (TPSA) is 104 Å². The number of hydrogen-bond donors (Lipinski definition) is 1. The molecule has 1 amide bonds. The van der Waals surface area contributed by atoms with Gasteiger partial charge in [0, 0.05) is 28.8 Å². The number of nitro benzene ring substituents is 1. The van der Waals surface area contributed by atoms with Crippen molar-refractivity contribution in [1.29, 1.82) is 0 Å². The SMILES string of the molecule is COc1ccc(-c2cc([N+](=O)[O-])ccc2OCc2csc(CC(=O)Nc3ccccc3C)n2)cc1. The molecule has 0 aliphatic carbocycles. The number of aryl methyl sites for hydroxylation is 1. The molecule has 4 rings (SSSR count). The Morgan fingerprint density at radius 1 is 1.11 bits per heavy atom. The van der Waals surface area contributed by atoms with E-state index in [-0.39, 0.29) is 24.6 Å². The van der Waals surface area contributed by atoms with Crippen LogP contribution in [0.25, 0.3) is 11.1 Å². The van der Waals surface area contributed by atoms with Gasteiger partial charge in [-0.15, -0.1) is 11.3 Å². The number of rotatable bonds is 9. The van der Waals surface area contributed by atoms with Gasteiger partial charge in [-0.1, -0.05) is 30.3 Å². The van der Waals surface area contributed by atoms with Gasteiger partial charge in [0.15, 0.2) is 0 Å². The standard InChI is InChI=1S/C26H23N3O5S/c1-17-5-3-4-6-23(17)28-25(30)14-26-27-19(16-35-26)15-34-24-12-9-20(29(31)32)13-22(24)18-7-10-21(33-2)11-8-18/h3-13,16H,14-15H2,1-2H3,(H,28,30). The summed E-state index contributed by atoms with van der Waals surface area (Å²) in [5.41, 5.74) is 3.77. The number of anilines is 1. The number of aromatic nitrogens is 1. The van der Waals surface area contributed by atoms with Gasteiger partial charge in [0.25, 0.3) is 5.69 Å². The summed E-state index contributed by atoms with van der Waals surface area (Å²) in [6.45, 7) is 2.10. The summed E-state index contributed by atoms with van der Waals surface area (Å²) < 4.78 is 11.2. The smallest absolute Gasteiger partial charge is 0.270 e. The first-order valence-electron chi connectivity index (χ1n) is 10.8. The predicted octanol–water partition coefficient (Wildman–Crippen LogP) is 5.80. The lowest BCUT2D eigenvalue weighted by Crippen LogP contribution is -2.15. The number of nitrogens with zero attached hydrogens (tertiary/aromatic N) is 2. The van der Waals surface area contributed by atoms with E-state index in [1.807, 2.05) is 48.7 Å². The summed E-state index contributed by atoms with van der Waals surface area (Å²) in [5.74, 6) is 1.04. The van der Waals surface area contributed by atoms with Crippen LogP contribution < -0.4 is 14.8 Å². The molecule has 0 bridgehead atoms. The fraction of sp³-hybridized carbons (Fsp3) is 0.154. The van der Waals surface area contributed by atoms with Gasteiger partial charge in [-0.2, -0.15) is 0 Å². The maximum Gasteiger partial charge on any atom is 0.270 e. The molecule has 3 aromatic carbocycles. The molecule has 178 valence electrons. The zero-order valence-electron chi connectivity index (χ0n) is 19.2. The summed E-state index contributed by atoms with van der Waals surface area (Å²) in [4.78, 5) is 27.8. The highest BCUT2D eigenvalue weighted by molar-refractivity contribution is 7.09. The quantitative estimate of drug-likeness (QED) is 0.236. The van der Waals surface area contributed by atoms with Crippen molar-refractivity contribution in [2.24, 2.45) is 0 Å². The Labute approximate surface area is 206 Å². The van der Waals surface area contributed by atoms with Gasteiger partial charge in [0.2, 0.25) is 5.91 Å². The molecule has 0 aliphatic heterocycles. The van der Waals surface area contributed by atoms with E-state index in [1.54, 1.807) is 25.3 Å². The zero-order valence-corrected chi connectivity index (χ0v) is 20.0. The first-order chi connectivity index (χ1) is 16.9. The zero-order chi connectivity index (χ0) is 24.8. The molecular weight excluding hydrogens is 466 g/mol. The predicted molar refractivity (Wildman–Crippen MR) is 135 cm³/mol. The lowest BCUT2D eigenvalue weighted by Gasteiger charge is -2.11. The monoisotopic (exact) mass is 489 g/mol. The van der Waals surface area contributed by atoms with Gasteiger partial charge in [0.1, 0.15) is 23.1 Å². The molecule has 0 atom stereocenters. The van der Waals surface area contributed by atoms with E-state index in [4.69, 9.17) is 9.47 Å². The molecule has 0 fully saturated rings. The molecule has 1 heterocycles. The van der Waals surface area contributed by atoms with Crippen molar-refractivity contribution in [2.45, 2.75) is 20.0 Å². The largest absolute Gasteiger partial charge is 0.497 e. The summed E-state index contributed by atoms with van der Waals surface area (Å²) in [7, 11) is 1.57. The minimum atomic E-state index is -0.439. The summed E-state index contributed by atoms with van der Waals surface area (Å²) >= 11 is 1.38. The summed E-state index contributed by atoms with van der Waals surface area (Å²) in [6.07, 6.45) is 0.160. The van der Waals surface area contributed by atoms with Gasteiger partial charge in [-0.25, -0.2) is 4.98 Å². The molecule has 1 aromatic heterocycles. The van der Waals surface area contributed by atoms with Crippen molar-refractivity contribution in [2.75, 3.05) is 12.4 Å². The molecular formula is C26H23N3O5S. The summed E-state index contributed by atoms with van der Waals surface area (Å²) in [5, 5.41) is 16.7. The van der Waals surface area contributed by atoms with E-state index in [1.165, 1.54) is 23.5 Å². The fourth-order valence-electron chi connectivity index (χ4n) is 3.45. The Hall–Kier alpha value is -4.24. The van der Waals surface area contributed by atoms with Gasteiger partial charge in [-0.3, -0.25) is 14.9 Å². The molecule has 0 saturated carbocycles. The van der Waals surface area contributed by atoms with Crippen LogP contribution in [0.5, 0.6) is 11.5 Å². The number of methoxy groups -OCH3 is 1. The van der Waals surface area contributed by atoms with Gasteiger partial charge in [-0.05, 0) is 42.3 Å². The van der Waals surface area contributed by atoms with Crippen molar-refractivity contribution < 1.29 is 19.2 Å². The Balaban J connectivity index is 1.45. The van der Waals surface area contributed by atoms with Crippen molar-refractivity contribution in [1.82, 2.24) is 4.98 Å². The van der Waals surface area contributed by atoms with Gasteiger partial charge in [0.05, 0.1) is 24.1 Å². The number of nitrogens with one attached hydrogen (secondary N) is 1. The highest BCUT2D eigenvalue weighted by atomic mass is 32.1. The van der Waals surface area contributed by atoms with Crippen LogP contribution in [0.3, 0.4) is 0 Å². The minimum absolute atomic E-state index is 0.0289. The number of nitro groups is 1. The maximum atomic E-state index is 12.4. The number of ether oxygens (including phenoxy) is 2. The molecule has 0 spiro atoms. The molecule has 0 unspecified atom stereocenters. The number of thiazole rings is 1. The van der Waals surface area contributed by atoms with Gasteiger partial charge < -0.3 is 14.8 Å². The number of carbonyl (C=O) groups is 1. The average molecular weight is 490 g/mol. The second-order valence-corrected chi connectivity index (χ2v) is 8.67. The first kappa shape index (κ1) is 23.9. The second-order valence-electron chi connectivity index (χ2n) is 7.73. The van der Waals surface area contributed by atoms with E-state index >= 15 is 0 Å². The maximum absolute atomic E-state index is 12.4. The van der Waals surface area contributed by atoms with Crippen LogP contribution in [0.2, 0.25) is 0 Å². The van der Waals surface area contributed by atoms with Crippen LogP contribution in [-0.2, 0) is 17.8 Å². The highest BCUT2D eigenvalue weighted by Gasteiger charge is 2.15. The Kier molecular flexibility index (Phi) is 7.37. The minimum Gasteiger partial charge on any atom is -0.497 e. The highest BCUT2D eigenvalue weighted by Crippen LogP contribution is 2.35. The third kappa shape index (κ3) is 6.01. The molecule has 9 heteroatoms. The van der Waals surface area contributed by atoms with Crippen LogP contribution >= 0.6 is 11.3 Å². The van der Waals surface area contributed by atoms with E-state index < -0.39 is 4.92 Å². The number of hydrogen-bond acceptors (Lipinski definition) is 7. The lowest BCUT2D eigenvalue weighted by atomic mass is 10.0. The van der Waals surface area contributed by atoms with Crippen LogP contribution in [0, 0.1) is 17.0 Å². The van der Waals surface area contributed by atoms with E-state index in [0.717, 1.165) is 16.8 Å². The van der Waals surface area contributed by atoms with Crippen LogP contribution in [0.15, 0.2) is 72.1 Å². The third-order valence-corrected chi connectivity index (χ3v) is 6.18. The van der Waals surface area contributed by atoms with Crippen molar-refractivity contribution >= 4 is 28.6 Å². The number of carbonyl (C=O) groups excluding carboxylic acids is 1. The molecule has 0 aliphatic rings. The normalized spacial score (nSPS) is 10.6. The first-order valence-corrected chi connectivity index (χ1v) is 11.7. The Bertz CT molecular complexity index is 1350. The number of para-hydroxylation sites is 1. The molecule has 1 N–H and O–H groups in total. The van der Waals surface area contributed by atoms with Crippen LogP contribution in [0.1, 0.15) is 16.3 Å². The third-order valence-electron chi connectivity index (χ3n) is 5.28. The number of non-ortho nitro benzene ring substituents is 1. The Morgan fingerprint density at radius 2 is 1.89 bits per heavy atom. The summed E-state index contributed by atoms with van der Waals surface area (Å²) in [6, 6.07) is 19.3. The molecule has 4 aromatic rings. The van der Waals surface area contributed by atoms with E-state index in [2.05, 4.69) is 10.3 Å². The van der Waals surface area contributed by atoms with E-state index in [9.17, 15) is 14.9 Å². The number of benzene rings is 3. The Morgan fingerprint density at radius 3 is 2.60 bits per heavy atom. The van der Waals surface area contributed by atoms with Crippen molar-refractivity contribution in [3.8, 4) is 22.6 Å². The fourth-order valence-corrected chi connectivity index (χ4v) is 4.22. The number of amides is 1. The van der Waals surface area contributed by atoms with Crippen LogP contribution in [0.4, 0.5) is 11.4 Å². The second kappa shape index (κ2) is 10.8. The molecule has 35 heavy (non-hydrogen) atoms. The van der Waals surface area contributed by atoms with Crippen LogP contribution in [-0.4, -0.2) is 22.9 Å². The van der Waals surface area contributed by atoms with Gasteiger partial charge >= 0.3 is 0 Å². The average Bonchev–Trinajstić information content (AvgIpc) is 3.31. The van der Waals surface area contributed by atoms with Crippen molar-refractivity contribution in [3.05, 3.63) is 98.5 Å².